The number of aromatic amines is 1. The summed E-state index contributed by atoms with van der Waals surface area (Å²) in [6, 6.07) is 5.78. The Morgan fingerprint density at radius 3 is 2.55 bits per heavy atom. The van der Waals surface area contributed by atoms with Crippen molar-refractivity contribution in [2.75, 3.05) is 52.6 Å². The monoisotopic (exact) mass is 553 g/mol. The van der Waals surface area contributed by atoms with Gasteiger partial charge in [0.25, 0.3) is 5.56 Å². The minimum Gasteiger partial charge on any atom is -0.486 e. The Labute approximate surface area is 235 Å². The van der Waals surface area contributed by atoms with E-state index in [4.69, 9.17) is 14.2 Å². The molecule has 218 valence electrons. The Morgan fingerprint density at radius 2 is 1.82 bits per heavy atom. The average Bonchev–Trinajstić information content (AvgIpc) is 3.46. The van der Waals surface area contributed by atoms with Crippen LogP contribution in [0.3, 0.4) is 0 Å². The Balaban J connectivity index is 1.47. The van der Waals surface area contributed by atoms with Crippen LogP contribution in [0.15, 0.2) is 23.0 Å². The van der Waals surface area contributed by atoms with Crippen LogP contribution >= 0.6 is 0 Å². The second-order valence-corrected chi connectivity index (χ2v) is 11.4. The molecule has 0 amide bonds. The number of hydrogen-bond donors (Lipinski definition) is 1. The van der Waals surface area contributed by atoms with Gasteiger partial charge in [-0.1, -0.05) is 20.3 Å². The van der Waals surface area contributed by atoms with E-state index in [9.17, 15) is 4.79 Å². The lowest BCUT2D eigenvalue weighted by Crippen LogP contribution is -2.40. The number of pyridine rings is 1. The van der Waals surface area contributed by atoms with E-state index in [1.807, 2.05) is 22.9 Å². The number of nitrogens with one attached hydrogen (secondary N) is 1. The van der Waals surface area contributed by atoms with E-state index in [1.165, 1.54) is 0 Å². The maximum Gasteiger partial charge on any atom is 0.252 e. The Morgan fingerprint density at radius 1 is 1.07 bits per heavy atom. The molecule has 2 aromatic heterocycles. The van der Waals surface area contributed by atoms with Gasteiger partial charge in [-0.3, -0.25) is 14.6 Å². The molecule has 2 aliphatic rings. The summed E-state index contributed by atoms with van der Waals surface area (Å²) < 4.78 is 19.0. The molecule has 0 aliphatic carbocycles. The zero-order chi connectivity index (χ0) is 28.1. The molecular weight excluding hydrogens is 510 g/mol. The fraction of sp³-hybridized carbons (Fsp3) is 0.655. The molecule has 11 heteroatoms. The predicted octanol–water partition coefficient (Wildman–Crippen LogP) is 3.50. The van der Waals surface area contributed by atoms with Gasteiger partial charge in [-0.2, -0.15) is 0 Å². The molecule has 2 aliphatic heterocycles. The lowest BCUT2D eigenvalue weighted by atomic mass is 10.0. The SMILES string of the molecule is CCCC(c1nnnn1C(C)(C)CC)N(CCCN1CCOCC1)Cc1cc2cc3c(cc2[nH]c1=O)OCCO3. The van der Waals surface area contributed by atoms with Crippen molar-refractivity contribution in [3.05, 3.63) is 39.9 Å². The van der Waals surface area contributed by atoms with Crippen LogP contribution in [-0.2, 0) is 16.8 Å². The number of rotatable bonds is 12. The summed E-state index contributed by atoms with van der Waals surface area (Å²) in [5.41, 5.74) is 1.15. The molecule has 0 bridgehead atoms. The number of tetrazole rings is 1. The second-order valence-electron chi connectivity index (χ2n) is 11.4. The largest absolute Gasteiger partial charge is 0.486 e. The first-order valence-electron chi connectivity index (χ1n) is 14.7. The lowest BCUT2D eigenvalue weighted by molar-refractivity contribution is 0.0347. The number of fused-ring (bicyclic) bond motifs is 2. The smallest absolute Gasteiger partial charge is 0.252 e. The van der Waals surface area contributed by atoms with Gasteiger partial charge in [0.2, 0.25) is 0 Å². The summed E-state index contributed by atoms with van der Waals surface area (Å²) >= 11 is 0. The number of hydrogen-bond acceptors (Lipinski definition) is 9. The number of ether oxygens (including phenoxy) is 3. The van der Waals surface area contributed by atoms with Crippen molar-refractivity contribution in [2.24, 2.45) is 0 Å². The zero-order valence-corrected chi connectivity index (χ0v) is 24.3. The highest BCUT2D eigenvalue weighted by atomic mass is 16.6. The van der Waals surface area contributed by atoms with Crippen LogP contribution in [0.5, 0.6) is 11.5 Å². The van der Waals surface area contributed by atoms with Gasteiger partial charge >= 0.3 is 0 Å². The maximum atomic E-state index is 13.4. The summed E-state index contributed by atoms with van der Waals surface area (Å²) in [6.07, 6.45) is 3.74. The van der Waals surface area contributed by atoms with Gasteiger partial charge in [-0.05, 0) is 62.2 Å². The fourth-order valence-electron chi connectivity index (χ4n) is 5.52. The zero-order valence-electron chi connectivity index (χ0n) is 24.3. The average molecular weight is 554 g/mol. The first-order chi connectivity index (χ1) is 19.4. The summed E-state index contributed by atoms with van der Waals surface area (Å²) in [4.78, 5) is 21.3. The third kappa shape index (κ3) is 6.31. The van der Waals surface area contributed by atoms with Gasteiger partial charge in [-0.25, -0.2) is 4.68 Å². The molecule has 4 heterocycles. The highest BCUT2D eigenvalue weighted by Crippen LogP contribution is 2.34. The third-order valence-electron chi connectivity index (χ3n) is 8.21. The van der Waals surface area contributed by atoms with Crippen LogP contribution in [0, 0.1) is 0 Å². The molecule has 40 heavy (non-hydrogen) atoms. The third-order valence-corrected chi connectivity index (χ3v) is 8.21. The van der Waals surface area contributed by atoms with Gasteiger partial charge in [0.1, 0.15) is 13.2 Å². The molecule has 5 rings (SSSR count). The minimum absolute atomic E-state index is 0.0223. The molecule has 1 unspecified atom stereocenters. The second kappa shape index (κ2) is 12.7. The van der Waals surface area contributed by atoms with Crippen LogP contribution in [0.1, 0.15) is 70.8 Å². The molecule has 1 N–H and O–H groups in total. The number of nitrogens with zero attached hydrogens (tertiary/aromatic N) is 6. The molecule has 0 spiro atoms. The van der Waals surface area contributed by atoms with Gasteiger partial charge < -0.3 is 19.2 Å². The number of benzene rings is 1. The molecular formula is C29H43N7O4. The van der Waals surface area contributed by atoms with E-state index in [1.54, 1.807) is 0 Å². The van der Waals surface area contributed by atoms with Crippen molar-refractivity contribution < 1.29 is 14.2 Å². The van der Waals surface area contributed by atoms with Crippen molar-refractivity contribution in [1.29, 1.82) is 0 Å². The number of morpholine rings is 1. The molecule has 1 aromatic carbocycles. The lowest BCUT2D eigenvalue weighted by Gasteiger charge is -2.34. The van der Waals surface area contributed by atoms with Crippen molar-refractivity contribution in [3.63, 3.8) is 0 Å². The van der Waals surface area contributed by atoms with Crippen molar-refractivity contribution in [1.82, 2.24) is 35.0 Å². The normalized spacial score (nSPS) is 17.0. The molecule has 11 nitrogen and oxygen atoms in total. The van der Waals surface area contributed by atoms with Gasteiger partial charge in [0.05, 0.1) is 30.3 Å². The summed E-state index contributed by atoms with van der Waals surface area (Å²) in [7, 11) is 0. The molecule has 0 saturated carbocycles. The van der Waals surface area contributed by atoms with E-state index >= 15 is 0 Å². The predicted molar refractivity (Wildman–Crippen MR) is 153 cm³/mol. The molecule has 0 radical (unpaired) electrons. The first kappa shape index (κ1) is 28.5. The van der Waals surface area contributed by atoms with E-state index in [2.05, 4.69) is 58.0 Å². The summed E-state index contributed by atoms with van der Waals surface area (Å²) in [6.45, 7) is 15.5. The van der Waals surface area contributed by atoms with E-state index in [0.717, 1.165) is 81.8 Å². The standard InChI is InChI=1S/C29H43N7O4/c1-5-8-24(27-31-32-33-36(27)29(3,4)6-2)35(10-7-9-34-11-13-38-14-12-34)20-22-17-21-18-25-26(40-16-15-39-25)19-23(21)30-28(22)37/h17-19,24H,5-16,20H2,1-4H3,(H,30,37). The quantitative estimate of drug-likeness (QED) is 0.360. The Kier molecular flexibility index (Phi) is 9.02. The summed E-state index contributed by atoms with van der Waals surface area (Å²) in [5, 5.41) is 14.0. The Hall–Kier alpha value is -3.02. The summed E-state index contributed by atoms with van der Waals surface area (Å²) in [5.74, 6) is 2.24. The van der Waals surface area contributed by atoms with Gasteiger partial charge in [-0.15, -0.1) is 5.10 Å². The van der Waals surface area contributed by atoms with Crippen LogP contribution in [-0.4, -0.2) is 87.6 Å². The maximum absolute atomic E-state index is 13.4. The Bertz CT molecular complexity index is 1330. The van der Waals surface area contributed by atoms with E-state index < -0.39 is 0 Å². The molecule has 1 atom stereocenters. The van der Waals surface area contributed by atoms with E-state index in [0.29, 0.717) is 36.8 Å². The fourth-order valence-corrected chi connectivity index (χ4v) is 5.52. The van der Waals surface area contributed by atoms with Crippen molar-refractivity contribution in [3.8, 4) is 11.5 Å². The molecule has 3 aromatic rings. The first-order valence-corrected chi connectivity index (χ1v) is 14.7. The van der Waals surface area contributed by atoms with Crippen LogP contribution in [0.25, 0.3) is 10.9 Å². The van der Waals surface area contributed by atoms with Crippen LogP contribution < -0.4 is 15.0 Å². The number of aromatic nitrogens is 5. The van der Waals surface area contributed by atoms with E-state index in [-0.39, 0.29) is 17.1 Å². The van der Waals surface area contributed by atoms with Crippen LogP contribution in [0.2, 0.25) is 0 Å². The highest BCUT2D eigenvalue weighted by molar-refractivity contribution is 5.83. The number of H-pyrrole nitrogens is 1. The van der Waals surface area contributed by atoms with Gasteiger partial charge in [0, 0.05) is 43.2 Å². The van der Waals surface area contributed by atoms with Crippen molar-refractivity contribution in [2.45, 2.75) is 71.5 Å². The minimum atomic E-state index is -0.216. The molecule has 1 saturated heterocycles. The highest BCUT2D eigenvalue weighted by Gasteiger charge is 2.31. The van der Waals surface area contributed by atoms with Crippen LogP contribution in [0.4, 0.5) is 0 Å². The van der Waals surface area contributed by atoms with Crippen molar-refractivity contribution >= 4 is 10.9 Å². The topological polar surface area (TPSA) is 111 Å². The molecule has 1 fully saturated rings. The van der Waals surface area contributed by atoms with Gasteiger partial charge in [0.15, 0.2) is 17.3 Å².